The van der Waals surface area contributed by atoms with Gasteiger partial charge >= 0.3 is 8.69 Å². The van der Waals surface area contributed by atoms with Gasteiger partial charge in [-0.15, -0.1) is 0 Å². The molecule has 0 atom stereocenters. The molecular weight excluding hydrogens is 279 g/mol. The first kappa shape index (κ1) is 20.8. The predicted octanol–water partition coefficient (Wildman–Crippen LogP) is 7.25. The van der Waals surface area contributed by atoms with Crippen LogP contribution in [0, 0.1) is 0 Å². The van der Waals surface area contributed by atoms with E-state index in [-0.39, 0.29) is 8.69 Å². The molecular formula is C18H35O2P. The maximum Gasteiger partial charge on any atom is 0.327 e. The average molecular weight is 314 g/mol. The smallest absolute Gasteiger partial charge is 0.294 e. The van der Waals surface area contributed by atoms with Crippen LogP contribution < -0.4 is 0 Å². The predicted molar refractivity (Wildman–Crippen MR) is 93.0 cm³/mol. The minimum Gasteiger partial charge on any atom is -0.294 e. The van der Waals surface area contributed by atoms with E-state index >= 15 is 0 Å². The van der Waals surface area contributed by atoms with Crippen LogP contribution in [-0.2, 0) is 9.09 Å². The second-order valence-corrected chi connectivity index (χ2v) is 6.25. The molecule has 21 heavy (non-hydrogen) atoms. The summed E-state index contributed by atoms with van der Waals surface area (Å²) in [6.45, 7) is 2.90. The lowest BCUT2D eigenvalue weighted by molar-refractivity contribution is 0.328. The quantitative estimate of drug-likeness (QED) is 0.160. The van der Waals surface area contributed by atoms with Gasteiger partial charge < -0.3 is 0 Å². The molecule has 2 nitrogen and oxygen atoms in total. The van der Waals surface area contributed by atoms with Crippen molar-refractivity contribution < 1.29 is 9.09 Å². The molecule has 3 heteroatoms. The van der Waals surface area contributed by atoms with Crippen molar-refractivity contribution in [3.05, 3.63) is 12.2 Å². The first-order valence-corrected chi connectivity index (χ1v) is 9.74. The molecule has 0 amide bonds. The monoisotopic (exact) mass is 314 g/mol. The molecule has 0 aromatic rings. The molecule has 0 saturated carbocycles. The summed E-state index contributed by atoms with van der Waals surface area (Å²) in [7, 11) is -0.179. The standard InChI is InChI=1S/C18H35O2P/c1-2-3-4-5-6-7-8-9-10-11-12-13-14-15-16-17-18-20-21-19/h9-10H,2-8,11-18H2,1H3. The molecule has 0 spiro atoms. The Balaban J connectivity index is 3.03. The van der Waals surface area contributed by atoms with Gasteiger partial charge in [0.05, 0.1) is 6.61 Å². The maximum atomic E-state index is 10.0. The molecule has 0 radical (unpaired) electrons. The molecule has 0 rings (SSSR count). The van der Waals surface area contributed by atoms with E-state index in [1.54, 1.807) is 0 Å². The third kappa shape index (κ3) is 19.8. The van der Waals surface area contributed by atoms with Crippen molar-refractivity contribution in [2.75, 3.05) is 6.61 Å². The van der Waals surface area contributed by atoms with Crippen molar-refractivity contribution in [3.63, 3.8) is 0 Å². The molecule has 0 aliphatic rings. The molecule has 0 aromatic carbocycles. The number of allylic oxidation sites excluding steroid dienone is 2. The van der Waals surface area contributed by atoms with Crippen LogP contribution >= 0.6 is 8.69 Å². The first-order chi connectivity index (χ1) is 10.4. The van der Waals surface area contributed by atoms with Crippen LogP contribution in [-0.4, -0.2) is 6.61 Å². The summed E-state index contributed by atoms with van der Waals surface area (Å²) in [4.78, 5) is 0. The Bertz CT molecular complexity index is 229. The van der Waals surface area contributed by atoms with Gasteiger partial charge in [0.25, 0.3) is 0 Å². The zero-order valence-corrected chi connectivity index (χ0v) is 14.9. The fourth-order valence-corrected chi connectivity index (χ4v) is 2.66. The highest BCUT2D eigenvalue weighted by Gasteiger charge is 1.92. The van der Waals surface area contributed by atoms with Gasteiger partial charge in [0.2, 0.25) is 0 Å². The molecule has 0 fully saturated rings. The molecule has 0 N–H and O–H groups in total. The SMILES string of the molecule is CCCCCCCCC=CCCCCCCCCOP=O. The van der Waals surface area contributed by atoms with Crippen molar-refractivity contribution in [2.45, 2.75) is 96.8 Å². The Morgan fingerprint density at radius 2 is 1.19 bits per heavy atom. The van der Waals surface area contributed by atoms with E-state index in [0.29, 0.717) is 6.61 Å². The minimum atomic E-state index is -0.179. The van der Waals surface area contributed by atoms with Crippen molar-refractivity contribution in [1.29, 1.82) is 0 Å². The van der Waals surface area contributed by atoms with Gasteiger partial charge in [0.15, 0.2) is 0 Å². The molecule has 0 unspecified atom stereocenters. The largest absolute Gasteiger partial charge is 0.327 e. The third-order valence-electron chi connectivity index (χ3n) is 3.80. The van der Waals surface area contributed by atoms with Crippen LogP contribution in [0.5, 0.6) is 0 Å². The summed E-state index contributed by atoms with van der Waals surface area (Å²) in [5.41, 5.74) is 0. The van der Waals surface area contributed by atoms with Gasteiger partial charge in [-0.1, -0.05) is 76.9 Å². The van der Waals surface area contributed by atoms with Crippen LogP contribution in [0.3, 0.4) is 0 Å². The average Bonchev–Trinajstić information content (AvgIpc) is 2.50. The highest BCUT2D eigenvalue weighted by atomic mass is 31.1. The van der Waals surface area contributed by atoms with Crippen LogP contribution in [0.15, 0.2) is 12.2 Å². The number of hydrogen-bond acceptors (Lipinski definition) is 2. The highest BCUT2D eigenvalue weighted by molar-refractivity contribution is 7.17. The molecule has 0 saturated heterocycles. The Morgan fingerprint density at radius 1 is 0.714 bits per heavy atom. The van der Waals surface area contributed by atoms with Crippen molar-refractivity contribution in [3.8, 4) is 0 Å². The summed E-state index contributed by atoms with van der Waals surface area (Å²) in [5.74, 6) is 0. The van der Waals surface area contributed by atoms with Gasteiger partial charge in [-0.3, -0.25) is 4.52 Å². The topological polar surface area (TPSA) is 26.3 Å². The van der Waals surface area contributed by atoms with Gasteiger partial charge in [0, 0.05) is 0 Å². The third-order valence-corrected chi connectivity index (χ3v) is 4.09. The fourth-order valence-electron chi connectivity index (χ4n) is 2.45. The van der Waals surface area contributed by atoms with Crippen LogP contribution in [0.25, 0.3) is 0 Å². The fraction of sp³-hybridized carbons (Fsp3) is 0.889. The van der Waals surface area contributed by atoms with E-state index in [1.807, 2.05) is 0 Å². The Morgan fingerprint density at radius 3 is 1.71 bits per heavy atom. The first-order valence-electron chi connectivity index (χ1n) is 9.01. The van der Waals surface area contributed by atoms with Crippen molar-refractivity contribution in [1.82, 2.24) is 0 Å². The Labute approximate surface area is 134 Å². The zero-order chi connectivity index (χ0) is 15.4. The van der Waals surface area contributed by atoms with E-state index in [4.69, 9.17) is 4.52 Å². The summed E-state index contributed by atoms with van der Waals surface area (Å²) in [5, 5.41) is 0. The number of hydrogen-bond donors (Lipinski definition) is 0. The summed E-state index contributed by atoms with van der Waals surface area (Å²) >= 11 is 0. The second kappa shape index (κ2) is 19.8. The normalized spacial score (nSPS) is 11.7. The molecule has 124 valence electrons. The summed E-state index contributed by atoms with van der Waals surface area (Å²) in [6.07, 6.45) is 23.1. The zero-order valence-electron chi connectivity index (χ0n) is 14.0. The minimum absolute atomic E-state index is 0.179. The Kier molecular flexibility index (Phi) is 19.6. The molecule has 0 aliphatic carbocycles. The summed E-state index contributed by atoms with van der Waals surface area (Å²) in [6, 6.07) is 0. The number of unbranched alkanes of at least 4 members (excludes halogenated alkanes) is 12. The van der Waals surface area contributed by atoms with Crippen LogP contribution in [0.4, 0.5) is 0 Å². The van der Waals surface area contributed by atoms with Crippen molar-refractivity contribution in [2.24, 2.45) is 0 Å². The van der Waals surface area contributed by atoms with E-state index in [0.717, 1.165) is 6.42 Å². The molecule has 0 heterocycles. The lowest BCUT2D eigenvalue weighted by Crippen LogP contribution is -1.85. The van der Waals surface area contributed by atoms with E-state index in [1.165, 1.54) is 83.5 Å². The summed E-state index contributed by atoms with van der Waals surface area (Å²) < 4.78 is 14.8. The van der Waals surface area contributed by atoms with Gasteiger partial charge in [-0.25, -0.2) is 4.57 Å². The van der Waals surface area contributed by atoms with Crippen LogP contribution in [0.1, 0.15) is 96.8 Å². The van der Waals surface area contributed by atoms with E-state index in [2.05, 4.69) is 19.1 Å². The second-order valence-electron chi connectivity index (χ2n) is 5.85. The maximum absolute atomic E-state index is 10.0. The van der Waals surface area contributed by atoms with Gasteiger partial charge in [-0.2, -0.15) is 0 Å². The molecule has 0 aliphatic heterocycles. The molecule has 0 bridgehead atoms. The lowest BCUT2D eigenvalue weighted by Gasteiger charge is -2.00. The van der Waals surface area contributed by atoms with Gasteiger partial charge in [0.1, 0.15) is 0 Å². The van der Waals surface area contributed by atoms with Crippen molar-refractivity contribution >= 4 is 8.69 Å². The van der Waals surface area contributed by atoms with E-state index < -0.39 is 0 Å². The van der Waals surface area contributed by atoms with Crippen LogP contribution in [0.2, 0.25) is 0 Å². The highest BCUT2D eigenvalue weighted by Crippen LogP contribution is 2.10. The lowest BCUT2D eigenvalue weighted by atomic mass is 10.1. The number of rotatable bonds is 17. The Hall–Kier alpha value is -0.200. The van der Waals surface area contributed by atoms with E-state index in [9.17, 15) is 4.57 Å². The van der Waals surface area contributed by atoms with Gasteiger partial charge in [-0.05, 0) is 32.1 Å². The molecule has 0 aromatic heterocycles.